The van der Waals surface area contributed by atoms with Crippen LogP contribution >= 0.6 is 0 Å². The number of para-hydroxylation sites is 2. The molecule has 12 aromatic rings. The van der Waals surface area contributed by atoms with Crippen LogP contribution in [0.25, 0.3) is 54.6 Å². The summed E-state index contributed by atoms with van der Waals surface area (Å²) >= 11 is 0. The van der Waals surface area contributed by atoms with Gasteiger partial charge in [0.25, 0.3) is 0 Å². The molecule has 1 aliphatic rings. The van der Waals surface area contributed by atoms with Crippen LogP contribution in [0.1, 0.15) is 22.3 Å². The second-order valence-electron chi connectivity index (χ2n) is 18.0. The largest absolute Gasteiger partial charge is 0.310 e. The molecule has 13 rings (SSSR count). The molecular formula is C67H46N2. The Balaban J connectivity index is 1.07. The summed E-state index contributed by atoms with van der Waals surface area (Å²) in [6.45, 7) is 0. The van der Waals surface area contributed by atoms with Gasteiger partial charge in [-0.2, -0.15) is 0 Å². The van der Waals surface area contributed by atoms with E-state index in [0.717, 1.165) is 34.1 Å². The number of anilines is 6. The fraction of sp³-hybridized carbons (Fsp3) is 0.0149. The molecule has 0 radical (unpaired) electrons. The smallest absolute Gasteiger partial charge is 0.0714 e. The van der Waals surface area contributed by atoms with Crippen LogP contribution in [0.15, 0.2) is 279 Å². The molecule has 69 heavy (non-hydrogen) atoms. The predicted molar refractivity (Wildman–Crippen MR) is 291 cm³/mol. The van der Waals surface area contributed by atoms with Crippen molar-refractivity contribution in [3.05, 3.63) is 301 Å². The molecule has 0 bridgehead atoms. The van der Waals surface area contributed by atoms with Crippen LogP contribution in [0.3, 0.4) is 0 Å². The molecule has 12 aromatic carbocycles. The lowest BCUT2D eigenvalue weighted by Gasteiger charge is -2.35. The zero-order chi connectivity index (χ0) is 45.7. The molecule has 0 saturated heterocycles. The Bertz CT molecular complexity index is 3790. The number of hydrogen-bond donors (Lipinski definition) is 0. The predicted octanol–water partition coefficient (Wildman–Crippen LogP) is 18.1. The fourth-order valence-corrected chi connectivity index (χ4v) is 11.2. The van der Waals surface area contributed by atoms with Crippen molar-refractivity contribution in [2.75, 3.05) is 9.80 Å². The molecular weight excluding hydrogens is 833 g/mol. The summed E-state index contributed by atoms with van der Waals surface area (Å²) in [6.07, 6.45) is 0. The Hall–Kier alpha value is -8.98. The highest BCUT2D eigenvalue weighted by molar-refractivity contribution is 6.18. The number of rotatable bonds is 9. The van der Waals surface area contributed by atoms with E-state index in [-0.39, 0.29) is 0 Å². The first-order chi connectivity index (χ1) is 34.2. The topological polar surface area (TPSA) is 6.48 Å². The Morgan fingerprint density at radius 3 is 1.46 bits per heavy atom. The Kier molecular flexibility index (Phi) is 9.77. The van der Waals surface area contributed by atoms with Crippen LogP contribution in [0, 0.1) is 0 Å². The van der Waals surface area contributed by atoms with Gasteiger partial charge in [-0.3, -0.25) is 0 Å². The Morgan fingerprint density at radius 1 is 0.261 bits per heavy atom. The summed E-state index contributed by atoms with van der Waals surface area (Å²) in [5, 5.41) is 7.35. The van der Waals surface area contributed by atoms with Crippen LogP contribution in [0.2, 0.25) is 0 Å². The third-order valence-electron chi connectivity index (χ3n) is 14.2. The normalized spacial score (nSPS) is 12.5. The molecule has 1 aliphatic carbocycles. The first kappa shape index (κ1) is 40.3. The second-order valence-corrected chi connectivity index (χ2v) is 18.0. The minimum atomic E-state index is -0.596. The van der Waals surface area contributed by atoms with Crippen LogP contribution in [-0.2, 0) is 5.41 Å². The maximum atomic E-state index is 2.52. The maximum absolute atomic E-state index is 2.52. The van der Waals surface area contributed by atoms with Crippen molar-refractivity contribution in [3.8, 4) is 22.3 Å². The van der Waals surface area contributed by atoms with Crippen LogP contribution in [0.5, 0.6) is 0 Å². The summed E-state index contributed by atoms with van der Waals surface area (Å²) < 4.78 is 0. The van der Waals surface area contributed by atoms with Crippen LogP contribution in [-0.4, -0.2) is 0 Å². The summed E-state index contributed by atoms with van der Waals surface area (Å²) in [6, 6.07) is 103. The van der Waals surface area contributed by atoms with Gasteiger partial charge < -0.3 is 9.80 Å². The molecule has 0 atom stereocenters. The van der Waals surface area contributed by atoms with Gasteiger partial charge in [-0.1, -0.05) is 212 Å². The number of hydrogen-bond acceptors (Lipinski definition) is 2. The molecule has 2 nitrogen and oxygen atoms in total. The minimum absolute atomic E-state index is 0.596. The zero-order valence-corrected chi connectivity index (χ0v) is 38.0. The maximum Gasteiger partial charge on any atom is 0.0714 e. The summed E-state index contributed by atoms with van der Waals surface area (Å²) in [7, 11) is 0. The molecule has 0 aliphatic heterocycles. The molecule has 0 amide bonds. The van der Waals surface area contributed by atoms with Crippen molar-refractivity contribution in [1.82, 2.24) is 0 Å². The Labute approximate surface area is 403 Å². The standard InChI is InChI=1S/C67H46N2/c1-5-23-52(24-6-1)67(53-25-7-2-8-26-53)63-35-18-17-34-61(63)65-64(67)46-62-59-33-16-15-21-49(59)40-43-60(62)66(65)69(55-29-11-4-12-30-55)58-32-19-31-57(45-58)68(54-27-9-3-10-28-54)56-41-38-48(39-42-56)51-37-36-47-20-13-14-22-50(47)44-51/h1-46H. The highest BCUT2D eigenvalue weighted by Crippen LogP contribution is 2.61. The van der Waals surface area contributed by atoms with Gasteiger partial charge in [-0.05, 0) is 133 Å². The van der Waals surface area contributed by atoms with Gasteiger partial charge in [0, 0.05) is 39.4 Å². The van der Waals surface area contributed by atoms with Crippen LogP contribution in [0.4, 0.5) is 34.1 Å². The van der Waals surface area contributed by atoms with Gasteiger partial charge in [0.15, 0.2) is 0 Å². The zero-order valence-electron chi connectivity index (χ0n) is 38.0. The van der Waals surface area contributed by atoms with Crippen molar-refractivity contribution in [2.24, 2.45) is 0 Å². The molecule has 0 N–H and O–H groups in total. The van der Waals surface area contributed by atoms with E-state index in [0.29, 0.717) is 0 Å². The lowest BCUT2D eigenvalue weighted by Crippen LogP contribution is -2.28. The van der Waals surface area contributed by atoms with E-state index in [1.165, 1.54) is 76.8 Å². The molecule has 0 aromatic heterocycles. The third kappa shape index (κ3) is 6.64. The summed E-state index contributed by atoms with van der Waals surface area (Å²) in [5.74, 6) is 0. The SMILES string of the molecule is c1ccc(N(c2ccc(-c3ccc4ccccc4c3)cc2)c2cccc(N(c3ccccc3)c3c4c(cc5c3ccc3ccccc35)C(c3ccccc3)(c3ccccc3)c3ccccc3-4)c2)cc1. The summed E-state index contributed by atoms with van der Waals surface area (Å²) in [4.78, 5) is 4.90. The van der Waals surface area contributed by atoms with Gasteiger partial charge in [0.1, 0.15) is 0 Å². The van der Waals surface area contributed by atoms with E-state index in [1.807, 2.05) is 0 Å². The van der Waals surface area contributed by atoms with Crippen molar-refractivity contribution in [1.29, 1.82) is 0 Å². The van der Waals surface area contributed by atoms with Gasteiger partial charge in [0.05, 0.1) is 11.1 Å². The average Bonchev–Trinajstić information content (AvgIpc) is 3.73. The van der Waals surface area contributed by atoms with E-state index < -0.39 is 5.41 Å². The molecule has 324 valence electrons. The van der Waals surface area contributed by atoms with Gasteiger partial charge in [0.2, 0.25) is 0 Å². The van der Waals surface area contributed by atoms with Crippen molar-refractivity contribution >= 4 is 66.4 Å². The Morgan fingerprint density at radius 2 is 0.768 bits per heavy atom. The van der Waals surface area contributed by atoms with E-state index in [4.69, 9.17) is 0 Å². The fourth-order valence-electron chi connectivity index (χ4n) is 11.2. The molecule has 0 fully saturated rings. The van der Waals surface area contributed by atoms with Gasteiger partial charge in [-0.15, -0.1) is 0 Å². The first-order valence-corrected chi connectivity index (χ1v) is 23.8. The monoisotopic (exact) mass is 878 g/mol. The number of nitrogens with zero attached hydrogens (tertiary/aromatic N) is 2. The van der Waals surface area contributed by atoms with Crippen molar-refractivity contribution in [2.45, 2.75) is 5.41 Å². The molecule has 0 heterocycles. The lowest BCUT2D eigenvalue weighted by molar-refractivity contribution is 0.769. The van der Waals surface area contributed by atoms with Gasteiger partial charge >= 0.3 is 0 Å². The molecule has 0 spiro atoms. The average molecular weight is 879 g/mol. The minimum Gasteiger partial charge on any atom is -0.310 e. The number of benzene rings is 12. The number of fused-ring (bicyclic) bond motifs is 7. The molecule has 0 unspecified atom stereocenters. The van der Waals surface area contributed by atoms with Gasteiger partial charge in [-0.25, -0.2) is 0 Å². The second kappa shape index (κ2) is 16.7. The van der Waals surface area contributed by atoms with Crippen molar-refractivity contribution in [3.63, 3.8) is 0 Å². The highest BCUT2D eigenvalue weighted by atomic mass is 15.2. The third-order valence-corrected chi connectivity index (χ3v) is 14.2. The highest BCUT2D eigenvalue weighted by Gasteiger charge is 2.48. The quantitative estimate of drug-likeness (QED) is 0.133. The molecule has 2 heteroatoms. The lowest BCUT2D eigenvalue weighted by atomic mass is 9.67. The molecule has 0 saturated carbocycles. The van der Waals surface area contributed by atoms with Crippen molar-refractivity contribution < 1.29 is 0 Å². The first-order valence-electron chi connectivity index (χ1n) is 23.8. The van der Waals surface area contributed by atoms with E-state index in [9.17, 15) is 0 Å². The van der Waals surface area contributed by atoms with E-state index in [1.54, 1.807) is 0 Å². The van der Waals surface area contributed by atoms with E-state index in [2.05, 4.69) is 289 Å². The van der Waals surface area contributed by atoms with Crippen LogP contribution < -0.4 is 9.80 Å². The summed E-state index contributed by atoms with van der Waals surface area (Å²) in [5.41, 5.74) is 15.8. The van der Waals surface area contributed by atoms with E-state index >= 15 is 0 Å².